The molecule has 2 aromatic heterocycles. The van der Waals surface area contributed by atoms with E-state index >= 15 is 0 Å². The van der Waals surface area contributed by atoms with Crippen LogP contribution >= 0.6 is 23.2 Å². The van der Waals surface area contributed by atoms with Gasteiger partial charge >= 0.3 is 0 Å². The highest BCUT2D eigenvalue weighted by Gasteiger charge is 2.26. The van der Waals surface area contributed by atoms with Crippen molar-refractivity contribution >= 4 is 58.1 Å². The van der Waals surface area contributed by atoms with Crippen molar-refractivity contribution in [3.05, 3.63) is 85.8 Å². The van der Waals surface area contributed by atoms with Crippen molar-refractivity contribution in [1.82, 2.24) is 14.3 Å². The molecule has 6 rings (SSSR count). The number of rotatable bonds is 13. The average molecular weight is 731 g/mol. The maximum Gasteiger partial charge on any atom is 0.166 e. The number of nitrogens with zero attached hydrogens (tertiary/aromatic N) is 5. The fourth-order valence-corrected chi connectivity index (χ4v) is 7.76. The van der Waals surface area contributed by atoms with Crippen LogP contribution in [-0.4, -0.2) is 67.3 Å². The summed E-state index contributed by atoms with van der Waals surface area (Å²) in [6.07, 6.45) is 3.91. The Hall–Kier alpha value is -4.47. The fourth-order valence-electron chi connectivity index (χ4n) is 7.40. The first-order chi connectivity index (χ1) is 24.4. The Kier molecular flexibility index (Phi) is 10.7. The number of fused-ring (bicyclic) bond motifs is 2. The summed E-state index contributed by atoms with van der Waals surface area (Å²) in [6, 6.07) is 11.6. The maximum atomic E-state index is 13.1. The summed E-state index contributed by atoms with van der Waals surface area (Å²) in [5.74, 6) is 1.50. The molecule has 5 aromatic rings. The molecular formula is C40H45Cl2N5O4. The van der Waals surface area contributed by atoms with Crippen molar-refractivity contribution in [2.45, 2.75) is 53.5 Å². The van der Waals surface area contributed by atoms with Crippen molar-refractivity contribution in [3.63, 3.8) is 0 Å². The Bertz CT molecular complexity index is 2110. The van der Waals surface area contributed by atoms with Crippen LogP contribution in [0.3, 0.4) is 0 Å². The molecule has 1 aliphatic heterocycles. The number of carbonyl (C=O) groups excluding carboxylic acids is 2. The Balaban J connectivity index is 1.35. The number of hydrogen-bond donors (Lipinski definition) is 0. The van der Waals surface area contributed by atoms with Crippen molar-refractivity contribution in [2.75, 3.05) is 50.2 Å². The lowest BCUT2D eigenvalue weighted by atomic mass is 9.98. The van der Waals surface area contributed by atoms with E-state index in [2.05, 4.69) is 14.4 Å². The zero-order valence-electron chi connectivity index (χ0n) is 30.4. The van der Waals surface area contributed by atoms with Crippen LogP contribution in [0.4, 0.5) is 11.4 Å². The van der Waals surface area contributed by atoms with Gasteiger partial charge in [-0.15, -0.1) is 0 Å². The number of halogens is 2. The molecule has 0 saturated heterocycles. The quantitative estimate of drug-likeness (QED) is 0.0887. The highest BCUT2D eigenvalue weighted by molar-refractivity contribution is 6.35. The Morgan fingerprint density at radius 3 is 2.39 bits per heavy atom. The molecule has 3 aromatic carbocycles. The van der Waals surface area contributed by atoms with E-state index in [-0.39, 0.29) is 0 Å². The largest absolute Gasteiger partial charge is 0.494 e. The molecule has 0 atom stereocenters. The highest BCUT2D eigenvalue weighted by Crippen LogP contribution is 2.43. The van der Waals surface area contributed by atoms with Gasteiger partial charge in [-0.2, -0.15) is 5.10 Å². The third-order valence-corrected chi connectivity index (χ3v) is 10.9. The smallest absolute Gasteiger partial charge is 0.166 e. The number of anilines is 2. The van der Waals surface area contributed by atoms with Crippen LogP contribution in [0.15, 0.2) is 36.4 Å². The molecule has 0 saturated carbocycles. The first kappa shape index (κ1) is 36.3. The summed E-state index contributed by atoms with van der Waals surface area (Å²) in [5.41, 5.74) is 10.7. The lowest BCUT2D eigenvalue weighted by molar-refractivity contribution is 0.111. The number of ether oxygens (including phenoxy) is 2. The van der Waals surface area contributed by atoms with Crippen LogP contribution in [0.2, 0.25) is 10.0 Å². The number of aryl methyl sites for hydroxylation is 6. The van der Waals surface area contributed by atoms with Crippen LogP contribution in [-0.2, 0) is 20.0 Å². The molecular weight excluding hydrogens is 685 g/mol. The Morgan fingerprint density at radius 2 is 1.73 bits per heavy atom. The van der Waals surface area contributed by atoms with E-state index in [0.29, 0.717) is 61.2 Å². The average Bonchev–Trinajstić information content (AvgIpc) is 3.54. The minimum atomic E-state index is 0.486. The second-order valence-electron chi connectivity index (χ2n) is 13.5. The number of aromatic nitrogens is 3. The summed E-state index contributed by atoms with van der Waals surface area (Å²) in [7, 11) is 6.00. The fraction of sp³-hybridized carbons (Fsp3) is 0.375. The summed E-state index contributed by atoms with van der Waals surface area (Å²) in [4.78, 5) is 29.2. The monoisotopic (exact) mass is 729 g/mol. The van der Waals surface area contributed by atoms with E-state index in [4.69, 9.17) is 37.8 Å². The van der Waals surface area contributed by atoms with Gasteiger partial charge in [0.1, 0.15) is 30.1 Å². The Morgan fingerprint density at radius 1 is 0.980 bits per heavy atom. The van der Waals surface area contributed by atoms with Gasteiger partial charge in [-0.25, -0.2) is 0 Å². The van der Waals surface area contributed by atoms with Crippen molar-refractivity contribution in [1.29, 1.82) is 0 Å². The zero-order valence-corrected chi connectivity index (χ0v) is 31.9. The third-order valence-electron chi connectivity index (χ3n) is 10.0. The van der Waals surface area contributed by atoms with Crippen molar-refractivity contribution in [3.8, 4) is 22.6 Å². The number of aldehydes is 2. The molecule has 11 heteroatoms. The normalized spacial score (nSPS) is 12.6. The molecule has 0 amide bonds. The molecule has 0 fully saturated rings. The van der Waals surface area contributed by atoms with Gasteiger partial charge in [0.15, 0.2) is 6.29 Å². The second-order valence-corrected chi connectivity index (χ2v) is 14.3. The molecule has 268 valence electrons. The molecule has 0 bridgehead atoms. The van der Waals surface area contributed by atoms with E-state index < -0.39 is 0 Å². The summed E-state index contributed by atoms with van der Waals surface area (Å²) in [5, 5.41) is 7.06. The SMILES string of the molecule is Cc1cc(OCCCc2c(C=O)n(CCCN(C)c3cc(C=O)cc4c3N(C)CCO4)c3c(-c4c(C)nn(C)c4C)c(Cl)ccc23)cc(C)c1Cl. The summed E-state index contributed by atoms with van der Waals surface area (Å²) in [6.45, 7) is 11.0. The lowest BCUT2D eigenvalue weighted by Gasteiger charge is -2.33. The van der Waals surface area contributed by atoms with Crippen LogP contribution < -0.4 is 19.3 Å². The molecule has 9 nitrogen and oxygen atoms in total. The molecule has 0 radical (unpaired) electrons. The van der Waals surface area contributed by atoms with E-state index in [9.17, 15) is 9.59 Å². The lowest BCUT2D eigenvalue weighted by Crippen LogP contribution is -2.32. The molecule has 0 aliphatic carbocycles. The number of likely N-dealkylation sites (N-methyl/N-ethyl adjacent to an activating group) is 1. The Labute approximate surface area is 309 Å². The minimum Gasteiger partial charge on any atom is -0.494 e. The zero-order chi connectivity index (χ0) is 36.6. The first-order valence-corrected chi connectivity index (χ1v) is 18.1. The number of benzene rings is 3. The van der Waals surface area contributed by atoms with Gasteiger partial charge in [-0.05, 0) is 94.0 Å². The van der Waals surface area contributed by atoms with Gasteiger partial charge in [-0.1, -0.05) is 29.3 Å². The first-order valence-electron chi connectivity index (χ1n) is 17.3. The van der Waals surface area contributed by atoms with E-state index in [0.717, 1.165) is 97.8 Å². The van der Waals surface area contributed by atoms with Gasteiger partial charge in [0.05, 0.1) is 40.8 Å². The van der Waals surface area contributed by atoms with Gasteiger partial charge in [0.2, 0.25) is 0 Å². The summed E-state index contributed by atoms with van der Waals surface area (Å²) >= 11 is 13.4. The molecule has 0 unspecified atom stereocenters. The van der Waals surface area contributed by atoms with Crippen LogP contribution in [0.5, 0.6) is 11.5 Å². The topological polar surface area (TPSA) is 81.8 Å². The molecule has 51 heavy (non-hydrogen) atoms. The maximum absolute atomic E-state index is 13.1. The molecule has 0 N–H and O–H groups in total. The van der Waals surface area contributed by atoms with Crippen LogP contribution in [0.1, 0.15) is 61.8 Å². The third kappa shape index (κ3) is 6.94. The van der Waals surface area contributed by atoms with Crippen molar-refractivity contribution in [2.24, 2.45) is 7.05 Å². The standard InChI is InChI=1S/C40H45Cl2N5O4/c1-24-18-29(19-25(2)38(24)42)50-16-8-10-30-31-11-12-32(41)37(36-26(3)43-46(7)27(36)4)39(31)47(34(30)23-49)14-9-13-44(5)33-20-28(22-48)21-35-40(33)45(6)15-17-51-35/h11-12,18-23H,8-10,13-17H2,1-7H3. The van der Waals surface area contributed by atoms with Crippen molar-refractivity contribution < 1.29 is 19.1 Å². The summed E-state index contributed by atoms with van der Waals surface area (Å²) < 4.78 is 16.1. The van der Waals surface area contributed by atoms with E-state index in [1.165, 1.54) is 0 Å². The van der Waals surface area contributed by atoms with E-state index in [1.807, 2.05) is 83.9 Å². The second kappa shape index (κ2) is 15.0. The molecule has 1 aliphatic rings. The number of hydrogen-bond acceptors (Lipinski definition) is 7. The van der Waals surface area contributed by atoms with Gasteiger partial charge in [0.25, 0.3) is 0 Å². The molecule has 0 spiro atoms. The van der Waals surface area contributed by atoms with Crippen LogP contribution in [0, 0.1) is 27.7 Å². The molecule has 3 heterocycles. The predicted molar refractivity (Wildman–Crippen MR) is 207 cm³/mol. The van der Waals surface area contributed by atoms with Gasteiger partial charge in [-0.3, -0.25) is 14.3 Å². The highest BCUT2D eigenvalue weighted by atomic mass is 35.5. The predicted octanol–water partition coefficient (Wildman–Crippen LogP) is 8.57. The van der Waals surface area contributed by atoms with Gasteiger partial charge < -0.3 is 23.8 Å². The number of carbonyl (C=O) groups is 2. The van der Waals surface area contributed by atoms with Gasteiger partial charge in [0, 0.05) is 67.0 Å². The van der Waals surface area contributed by atoms with Crippen LogP contribution in [0.25, 0.3) is 22.0 Å². The minimum absolute atomic E-state index is 0.486. The van der Waals surface area contributed by atoms with E-state index in [1.54, 1.807) is 6.07 Å².